The highest BCUT2D eigenvalue weighted by molar-refractivity contribution is 5.95. The van der Waals surface area contributed by atoms with Gasteiger partial charge in [-0.15, -0.1) is 0 Å². The van der Waals surface area contributed by atoms with Crippen molar-refractivity contribution in [2.75, 3.05) is 6.61 Å². The SMILES string of the molecule is NC(=O)CC(NC(=O)C(CCC(=O)O)NC(=O)C(Cc1cnc[nH]1)NC(=O)C(N)CO)C(=O)O. The van der Waals surface area contributed by atoms with Crippen LogP contribution in [-0.4, -0.2) is 91.6 Å². The van der Waals surface area contributed by atoms with E-state index in [1.165, 1.54) is 12.5 Å². The zero-order chi connectivity index (χ0) is 25.8. The molecule has 4 amide bonds. The molecule has 16 nitrogen and oxygen atoms in total. The number of hydrogen-bond donors (Lipinski definition) is 9. The van der Waals surface area contributed by atoms with Crippen LogP contribution in [0.3, 0.4) is 0 Å². The number of carboxylic acids is 2. The second kappa shape index (κ2) is 13.5. The molecule has 0 fully saturated rings. The number of hydrogen-bond acceptors (Lipinski definition) is 9. The van der Waals surface area contributed by atoms with Crippen LogP contribution in [0.25, 0.3) is 0 Å². The summed E-state index contributed by atoms with van der Waals surface area (Å²) in [4.78, 5) is 77.5. The predicted octanol–water partition coefficient (Wildman–Crippen LogP) is -4.45. The molecule has 0 bridgehead atoms. The lowest BCUT2D eigenvalue weighted by Gasteiger charge is -2.24. The summed E-state index contributed by atoms with van der Waals surface area (Å²) >= 11 is 0. The van der Waals surface area contributed by atoms with Crippen LogP contribution >= 0.6 is 0 Å². The second-order valence-electron chi connectivity index (χ2n) is 7.19. The molecule has 1 aromatic rings. The van der Waals surface area contributed by atoms with Crippen molar-refractivity contribution in [1.29, 1.82) is 0 Å². The first-order chi connectivity index (χ1) is 15.9. The Bertz CT molecular complexity index is 890. The number of carbonyl (C=O) groups is 6. The molecule has 1 rings (SSSR count). The molecule has 4 atom stereocenters. The molecule has 4 unspecified atom stereocenters. The van der Waals surface area contributed by atoms with Crippen molar-refractivity contribution >= 4 is 35.6 Å². The monoisotopic (exact) mass is 485 g/mol. The molecule has 0 radical (unpaired) electrons. The van der Waals surface area contributed by atoms with Crippen molar-refractivity contribution in [2.24, 2.45) is 11.5 Å². The van der Waals surface area contributed by atoms with Crippen molar-refractivity contribution < 1.29 is 44.1 Å². The number of aliphatic hydroxyl groups is 1. The summed E-state index contributed by atoms with van der Waals surface area (Å²) in [6.07, 6.45) is 0.810. The molecule has 11 N–H and O–H groups in total. The van der Waals surface area contributed by atoms with Crippen LogP contribution in [0.1, 0.15) is 25.0 Å². The quantitative estimate of drug-likeness (QED) is 0.114. The number of aliphatic hydroxyl groups excluding tert-OH is 1. The average molecular weight is 485 g/mol. The standard InChI is InChI=1S/C18H27N7O9/c19-9(6-26)15(30)24-11(3-8-5-21-7-22-8)17(32)23-10(1-2-14(28)29)16(31)25-12(18(33)34)4-13(20)27/h5,7,9-12,26H,1-4,6,19H2,(H2,20,27)(H,21,22)(H,23,32)(H,24,30)(H,25,31)(H,28,29)(H,33,34). The van der Waals surface area contributed by atoms with Gasteiger partial charge < -0.3 is 47.7 Å². The van der Waals surface area contributed by atoms with E-state index in [-0.39, 0.29) is 6.42 Å². The van der Waals surface area contributed by atoms with Crippen molar-refractivity contribution in [3.05, 3.63) is 18.2 Å². The number of carbonyl (C=O) groups excluding carboxylic acids is 4. The maximum absolute atomic E-state index is 12.9. The van der Waals surface area contributed by atoms with E-state index >= 15 is 0 Å². The lowest BCUT2D eigenvalue weighted by molar-refractivity contribution is -0.144. The summed E-state index contributed by atoms with van der Waals surface area (Å²) in [6, 6.07) is -5.91. The van der Waals surface area contributed by atoms with Gasteiger partial charge in [-0.2, -0.15) is 0 Å². The van der Waals surface area contributed by atoms with E-state index in [1.807, 2.05) is 5.32 Å². The summed E-state index contributed by atoms with van der Waals surface area (Å²) in [6.45, 7) is -0.704. The molecule has 0 aliphatic carbocycles. The normalized spacial score (nSPS) is 14.2. The summed E-state index contributed by atoms with van der Waals surface area (Å²) in [7, 11) is 0. The number of nitrogens with zero attached hydrogens (tertiary/aromatic N) is 1. The van der Waals surface area contributed by atoms with Crippen molar-refractivity contribution in [1.82, 2.24) is 25.9 Å². The molecule has 34 heavy (non-hydrogen) atoms. The maximum Gasteiger partial charge on any atom is 0.326 e. The van der Waals surface area contributed by atoms with E-state index in [2.05, 4.69) is 20.6 Å². The Morgan fingerprint density at radius 1 is 0.971 bits per heavy atom. The number of amides is 4. The molecular weight excluding hydrogens is 458 g/mol. The number of primary amides is 1. The van der Waals surface area contributed by atoms with Gasteiger partial charge in [0.05, 0.1) is 19.4 Å². The van der Waals surface area contributed by atoms with Gasteiger partial charge in [-0.25, -0.2) is 9.78 Å². The van der Waals surface area contributed by atoms with Crippen LogP contribution in [0.5, 0.6) is 0 Å². The molecule has 0 spiro atoms. The van der Waals surface area contributed by atoms with E-state index < -0.39 is 85.6 Å². The third kappa shape index (κ3) is 9.61. The van der Waals surface area contributed by atoms with Crippen LogP contribution in [0.2, 0.25) is 0 Å². The van der Waals surface area contributed by atoms with E-state index in [0.717, 1.165) is 0 Å². The molecular formula is C18H27N7O9. The topological polar surface area (TPSA) is 280 Å². The fourth-order valence-electron chi connectivity index (χ4n) is 2.67. The second-order valence-corrected chi connectivity index (χ2v) is 7.19. The van der Waals surface area contributed by atoms with Crippen LogP contribution < -0.4 is 27.4 Å². The highest BCUT2D eigenvalue weighted by atomic mass is 16.4. The van der Waals surface area contributed by atoms with Gasteiger partial charge in [0.1, 0.15) is 24.2 Å². The zero-order valence-corrected chi connectivity index (χ0v) is 17.9. The van der Waals surface area contributed by atoms with Crippen molar-refractivity contribution in [3.63, 3.8) is 0 Å². The average Bonchev–Trinajstić information content (AvgIpc) is 3.27. The molecule has 0 aromatic carbocycles. The summed E-state index contributed by atoms with van der Waals surface area (Å²) in [5.41, 5.74) is 10.8. The molecule has 0 aliphatic heterocycles. The van der Waals surface area contributed by atoms with E-state index in [0.29, 0.717) is 5.69 Å². The van der Waals surface area contributed by atoms with Gasteiger partial charge in [0.25, 0.3) is 0 Å². The Morgan fingerprint density at radius 3 is 2.06 bits per heavy atom. The first-order valence-electron chi connectivity index (χ1n) is 9.92. The number of nitrogens with one attached hydrogen (secondary N) is 4. The summed E-state index contributed by atoms with van der Waals surface area (Å²) < 4.78 is 0. The maximum atomic E-state index is 12.9. The third-order valence-electron chi connectivity index (χ3n) is 4.45. The summed E-state index contributed by atoms with van der Waals surface area (Å²) in [5.74, 6) is -6.77. The van der Waals surface area contributed by atoms with Crippen LogP contribution in [0.4, 0.5) is 0 Å². The van der Waals surface area contributed by atoms with Gasteiger partial charge in [0, 0.05) is 24.7 Å². The fraction of sp³-hybridized carbons (Fsp3) is 0.500. The lowest BCUT2D eigenvalue weighted by Crippen LogP contribution is -2.58. The molecule has 1 heterocycles. The molecule has 188 valence electrons. The Kier molecular flexibility index (Phi) is 11.1. The lowest BCUT2D eigenvalue weighted by atomic mass is 10.1. The number of aromatic nitrogens is 2. The van der Waals surface area contributed by atoms with Crippen molar-refractivity contribution in [3.8, 4) is 0 Å². The van der Waals surface area contributed by atoms with Crippen LogP contribution in [-0.2, 0) is 35.2 Å². The number of imidazole rings is 1. The minimum atomic E-state index is -1.71. The Hall–Kier alpha value is -4.05. The Balaban J connectivity index is 3.07. The van der Waals surface area contributed by atoms with E-state index in [4.69, 9.17) is 26.8 Å². The minimum absolute atomic E-state index is 0.136. The molecule has 1 aromatic heterocycles. The molecule has 0 saturated carbocycles. The molecule has 0 aliphatic rings. The number of aliphatic carboxylic acids is 2. The first-order valence-corrected chi connectivity index (χ1v) is 9.92. The zero-order valence-electron chi connectivity index (χ0n) is 17.9. The van der Waals surface area contributed by atoms with E-state index in [1.54, 1.807) is 0 Å². The Labute approximate surface area is 192 Å². The van der Waals surface area contributed by atoms with Gasteiger partial charge in [-0.3, -0.25) is 24.0 Å². The third-order valence-corrected chi connectivity index (χ3v) is 4.45. The van der Waals surface area contributed by atoms with Gasteiger partial charge in [-0.1, -0.05) is 0 Å². The van der Waals surface area contributed by atoms with Gasteiger partial charge in [0.15, 0.2) is 0 Å². The highest BCUT2D eigenvalue weighted by Gasteiger charge is 2.31. The first kappa shape index (κ1) is 28.0. The number of nitrogens with two attached hydrogens (primary N) is 2. The molecule has 16 heteroatoms. The minimum Gasteiger partial charge on any atom is -0.481 e. The van der Waals surface area contributed by atoms with Crippen LogP contribution in [0, 0.1) is 0 Å². The smallest absolute Gasteiger partial charge is 0.326 e. The van der Waals surface area contributed by atoms with Crippen LogP contribution in [0.15, 0.2) is 12.5 Å². The van der Waals surface area contributed by atoms with E-state index in [9.17, 15) is 28.8 Å². The fourth-order valence-corrected chi connectivity index (χ4v) is 2.67. The van der Waals surface area contributed by atoms with Gasteiger partial charge in [0.2, 0.25) is 23.6 Å². The number of H-pyrrole nitrogens is 1. The Morgan fingerprint density at radius 2 is 1.56 bits per heavy atom. The number of aromatic amines is 1. The highest BCUT2D eigenvalue weighted by Crippen LogP contribution is 2.05. The molecule has 0 saturated heterocycles. The number of rotatable bonds is 15. The van der Waals surface area contributed by atoms with Gasteiger partial charge >= 0.3 is 11.9 Å². The van der Waals surface area contributed by atoms with Crippen molar-refractivity contribution in [2.45, 2.75) is 49.9 Å². The number of carboxylic acid groups (broad SMARTS) is 2. The predicted molar refractivity (Wildman–Crippen MR) is 111 cm³/mol. The van der Waals surface area contributed by atoms with Gasteiger partial charge in [-0.05, 0) is 6.42 Å². The summed E-state index contributed by atoms with van der Waals surface area (Å²) in [5, 5.41) is 33.8. The largest absolute Gasteiger partial charge is 0.481 e.